The van der Waals surface area contributed by atoms with Crippen LogP contribution >= 0.6 is 0 Å². The maximum Gasteiger partial charge on any atom is 0.349 e. The van der Waals surface area contributed by atoms with E-state index in [1.54, 1.807) is 31.4 Å². The maximum atomic E-state index is 12.4. The second kappa shape index (κ2) is 8.28. The summed E-state index contributed by atoms with van der Waals surface area (Å²) in [7, 11) is 1.57. The number of nitrogens with zero attached hydrogens (tertiary/aromatic N) is 1. The Morgan fingerprint density at radius 3 is 2.28 bits per heavy atom. The van der Waals surface area contributed by atoms with Crippen molar-refractivity contribution in [1.82, 2.24) is 5.32 Å². The summed E-state index contributed by atoms with van der Waals surface area (Å²) >= 11 is 0. The number of nitrogens with one attached hydrogen (secondary N) is 1. The van der Waals surface area contributed by atoms with Gasteiger partial charge in [-0.05, 0) is 79.5 Å². The third-order valence-corrected chi connectivity index (χ3v) is 6.66. The van der Waals surface area contributed by atoms with E-state index in [1.165, 1.54) is 38.2 Å². The Bertz CT molecular complexity index is 825. The fraction of sp³-hybridized carbons (Fsp3) is 0.522. The third kappa shape index (κ3) is 4.29. The number of amides is 1. The van der Waals surface area contributed by atoms with Crippen molar-refractivity contribution in [3.8, 4) is 11.8 Å². The molecule has 1 N–H and O–H groups in total. The van der Waals surface area contributed by atoms with Crippen LogP contribution in [0.5, 0.6) is 5.75 Å². The molecule has 0 aliphatic heterocycles. The molecule has 4 aliphatic carbocycles. The standard InChI is InChI=1S/C23H26N2O4/c1-28-20-4-2-14(3-5-20)7-19(12-24)23(27)29-13-21(26)25-22-17-8-15-6-16(10-17)11-18(22)9-15/h2-5,7,15-18,22H,6,8-11,13H2,1H3,(H,25,26)/b19-7+. The van der Waals surface area contributed by atoms with Crippen LogP contribution in [0.4, 0.5) is 0 Å². The summed E-state index contributed by atoms with van der Waals surface area (Å²) in [4.78, 5) is 24.6. The van der Waals surface area contributed by atoms with Crippen LogP contribution in [0.2, 0.25) is 0 Å². The highest BCUT2D eigenvalue weighted by Crippen LogP contribution is 2.53. The molecule has 0 spiro atoms. The zero-order valence-electron chi connectivity index (χ0n) is 16.6. The largest absolute Gasteiger partial charge is 0.497 e. The highest BCUT2D eigenvalue weighted by atomic mass is 16.5. The van der Waals surface area contributed by atoms with Crippen LogP contribution in [0.1, 0.15) is 37.7 Å². The minimum absolute atomic E-state index is 0.141. The average Bonchev–Trinajstić information content (AvgIpc) is 2.72. The molecule has 0 unspecified atom stereocenters. The Hall–Kier alpha value is -2.81. The van der Waals surface area contributed by atoms with Crippen molar-refractivity contribution >= 4 is 18.0 Å². The lowest BCUT2D eigenvalue weighted by Gasteiger charge is -2.54. The minimum atomic E-state index is -0.788. The van der Waals surface area contributed by atoms with Crippen LogP contribution in [-0.4, -0.2) is 31.6 Å². The van der Waals surface area contributed by atoms with Gasteiger partial charge in [0.05, 0.1) is 7.11 Å². The van der Waals surface area contributed by atoms with E-state index in [1.807, 2.05) is 6.07 Å². The second-order valence-corrected chi connectivity index (χ2v) is 8.54. The highest BCUT2D eigenvalue weighted by molar-refractivity contribution is 5.98. The van der Waals surface area contributed by atoms with E-state index in [4.69, 9.17) is 9.47 Å². The fourth-order valence-corrected chi connectivity index (χ4v) is 5.60. The Kier molecular flexibility index (Phi) is 5.57. The minimum Gasteiger partial charge on any atom is -0.497 e. The number of ether oxygens (including phenoxy) is 2. The number of nitriles is 1. The van der Waals surface area contributed by atoms with Gasteiger partial charge in [0.2, 0.25) is 0 Å². The lowest BCUT2D eigenvalue weighted by molar-refractivity contribution is -0.145. The molecule has 1 aromatic rings. The van der Waals surface area contributed by atoms with E-state index in [9.17, 15) is 14.9 Å². The topological polar surface area (TPSA) is 88.4 Å². The first kappa shape index (κ1) is 19.5. The molecule has 4 aliphatic rings. The average molecular weight is 394 g/mol. The molecule has 1 aromatic carbocycles. The fourth-order valence-electron chi connectivity index (χ4n) is 5.60. The molecule has 6 nitrogen and oxygen atoms in total. The summed E-state index contributed by atoms with van der Waals surface area (Å²) in [5, 5.41) is 12.4. The Morgan fingerprint density at radius 2 is 1.72 bits per heavy atom. The van der Waals surface area contributed by atoms with E-state index < -0.39 is 5.97 Å². The third-order valence-electron chi connectivity index (χ3n) is 6.66. The molecule has 0 radical (unpaired) electrons. The Labute approximate surface area is 170 Å². The van der Waals surface area contributed by atoms with Crippen molar-refractivity contribution in [1.29, 1.82) is 5.26 Å². The van der Waals surface area contributed by atoms with Gasteiger partial charge >= 0.3 is 5.97 Å². The molecule has 4 saturated carbocycles. The number of benzene rings is 1. The molecule has 0 saturated heterocycles. The summed E-state index contributed by atoms with van der Waals surface area (Å²) < 4.78 is 10.2. The van der Waals surface area contributed by atoms with Gasteiger partial charge in [0.25, 0.3) is 5.91 Å². The van der Waals surface area contributed by atoms with Crippen LogP contribution in [0.3, 0.4) is 0 Å². The van der Waals surface area contributed by atoms with E-state index in [0.29, 0.717) is 23.1 Å². The first-order valence-corrected chi connectivity index (χ1v) is 10.3. The van der Waals surface area contributed by atoms with Gasteiger partial charge in [0, 0.05) is 6.04 Å². The summed E-state index contributed by atoms with van der Waals surface area (Å²) in [6.07, 6.45) is 7.64. The van der Waals surface area contributed by atoms with Gasteiger partial charge in [0.15, 0.2) is 6.61 Å². The van der Waals surface area contributed by atoms with E-state index in [-0.39, 0.29) is 24.1 Å². The van der Waals surface area contributed by atoms with E-state index in [0.717, 1.165) is 11.8 Å². The lowest BCUT2D eigenvalue weighted by atomic mass is 9.54. The quantitative estimate of drug-likeness (QED) is 0.455. The van der Waals surface area contributed by atoms with Gasteiger partial charge in [-0.25, -0.2) is 4.79 Å². The van der Waals surface area contributed by atoms with Crippen LogP contribution < -0.4 is 10.1 Å². The molecule has 6 heteroatoms. The number of hydrogen-bond donors (Lipinski definition) is 1. The molecule has 0 aromatic heterocycles. The summed E-state index contributed by atoms with van der Waals surface area (Å²) in [6.45, 7) is -0.358. The zero-order chi connectivity index (χ0) is 20.4. The maximum absolute atomic E-state index is 12.4. The number of methoxy groups -OCH3 is 1. The molecule has 0 atom stereocenters. The van der Waals surface area contributed by atoms with Gasteiger partial charge in [-0.1, -0.05) is 12.1 Å². The van der Waals surface area contributed by atoms with E-state index >= 15 is 0 Å². The predicted octanol–water partition coefficient (Wildman–Crippen LogP) is 3.09. The van der Waals surface area contributed by atoms with Crippen LogP contribution in [0.25, 0.3) is 6.08 Å². The number of carbonyl (C=O) groups excluding carboxylic acids is 2. The number of esters is 1. The van der Waals surface area contributed by atoms with Gasteiger partial charge in [-0.3, -0.25) is 4.79 Å². The molecule has 4 bridgehead atoms. The van der Waals surface area contributed by atoms with Crippen molar-refractivity contribution in [2.24, 2.45) is 23.7 Å². The van der Waals surface area contributed by atoms with Crippen molar-refractivity contribution in [3.63, 3.8) is 0 Å². The Balaban J connectivity index is 1.30. The van der Waals surface area contributed by atoms with Crippen molar-refractivity contribution in [3.05, 3.63) is 35.4 Å². The monoisotopic (exact) mass is 394 g/mol. The molecule has 152 valence electrons. The molecule has 0 heterocycles. The normalized spacial score (nSPS) is 29.8. The van der Waals surface area contributed by atoms with Crippen molar-refractivity contribution in [2.45, 2.75) is 38.1 Å². The summed E-state index contributed by atoms with van der Waals surface area (Å²) in [5.41, 5.74) is 0.537. The molecule has 5 rings (SSSR count). The summed E-state index contributed by atoms with van der Waals surface area (Å²) in [5.74, 6) is 2.42. The highest BCUT2D eigenvalue weighted by Gasteiger charge is 2.48. The van der Waals surface area contributed by atoms with Gasteiger partial charge < -0.3 is 14.8 Å². The van der Waals surface area contributed by atoms with Gasteiger partial charge in [-0.2, -0.15) is 5.26 Å². The van der Waals surface area contributed by atoms with Crippen LogP contribution in [0.15, 0.2) is 29.8 Å². The van der Waals surface area contributed by atoms with Crippen molar-refractivity contribution in [2.75, 3.05) is 13.7 Å². The molecule has 29 heavy (non-hydrogen) atoms. The number of carbonyl (C=O) groups is 2. The molecule has 4 fully saturated rings. The van der Waals surface area contributed by atoms with Gasteiger partial charge in [-0.15, -0.1) is 0 Å². The first-order chi connectivity index (χ1) is 14.1. The predicted molar refractivity (Wildman–Crippen MR) is 107 cm³/mol. The van der Waals surface area contributed by atoms with E-state index in [2.05, 4.69) is 5.32 Å². The first-order valence-electron chi connectivity index (χ1n) is 10.3. The molecular weight excluding hydrogens is 368 g/mol. The zero-order valence-corrected chi connectivity index (χ0v) is 16.6. The van der Waals surface area contributed by atoms with Crippen LogP contribution in [-0.2, 0) is 14.3 Å². The molecular formula is C23H26N2O4. The smallest absolute Gasteiger partial charge is 0.349 e. The van der Waals surface area contributed by atoms with Crippen molar-refractivity contribution < 1.29 is 19.1 Å². The van der Waals surface area contributed by atoms with Crippen LogP contribution in [0, 0.1) is 35.0 Å². The van der Waals surface area contributed by atoms with Gasteiger partial charge in [0.1, 0.15) is 17.4 Å². The second-order valence-electron chi connectivity index (χ2n) is 8.54. The number of rotatable bonds is 6. The lowest BCUT2D eigenvalue weighted by Crippen LogP contribution is -2.56. The SMILES string of the molecule is COc1ccc(/C=C(\C#N)C(=O)OCC(=O)NC2C3CC4CC(C3)CC2C4)cc1. The number of hydrogen-bond acceptors (Lipinski definition) is 5. The Morgan fingerprint density at radius 1 is 1.10 bits per heavy atom. The summed E-state index contributed by atoms with van der Waals surface area (Å²) in [6, 6.07) is 9.02. The molecule has 1 amide bonds.